The third-order valence-electron chi connectivity index (χ3n) is 3.27. The molecule has 0 saturated heterocycles. The van der Waals surface area contributed by atoms with E-state index in [-0.39, 0.29) is 5.54 Å². The highest BCUT2D eigenvalue weighted by molar-refractivity contribution is 5.43. The van der Waals surface area contributed by atoms with Crippen molar-refractivity contribution in [3.8, 4) is 0 Å². The molecule has 0 heterocycles. The zero-order valence-corrected chi connectivity index (χ0v) is 9.37. The van der Waals surface area contributed by atoms with Gasteiger partial charge in [-0.05, 0) is 44.7 Å². The Morgan fingerprint density at radius 1 is 1.20 bits per heavy atom. The quantitative estimate of drug-likeness (QED) is 0.777. The molecule has 0 unspecified atom stereocenters. The average Bonchev–Trinajstić information content (AvgIpc) is 2.23. The molecule has 3 N–H and O–H groups in total. The number of hydrogen-bond donors (Lipinski definition) is 2. The van der Waals surface area contributed by atoms with Crippen LogP contribution in [0.4, 0.5) is 5.69 Å². The highest BCUT2D eigenvalue weighted by Gasteiger charge is 2.26. The Hall–Kier alpha value is -1.02. The third kappa shape index (κ3) is 2.96. The van der Waals surface area contributed by atoms with Gasteiger partial charge in [0.05, 0.1) is 0 Å². The van der Waals surface area contributed by atoms with E-state index >= 15 is 0 Å². The van der Waals surface area contributed by atoms with Crippen LogP contribution in [0, 0.1) is 0 Å². The van der Waals surface area contributed by atoms with Crippen LogP contribution in [0.2, 0.25) is 0 Å². The Labute approximate surface area is 91.9 Å². The van der Waals surface area contributed by atoms with Crippen LogP contribution in [-0.4, -0.2) is 11.6 Å². The monoisotopic (exact) mass is 204 g/mol. The summed E-state index contributed by atoms with van der Waals surface area (Å²) in [5.41, 5.74) is 7.40. The first-order chi connectivity index (χ1) is 7.16. The van der Waals surface area contributed by atoms with Crippen LogP contribution in [0.1, 0.15) is 32.6 Å². The molecule has 0 spiro atoms. The van der Waals surface area contributed by atoms with Gasteiger partial charge in [-0.1, -0.05) is 18.2 Å². The number of rotatable bonds is 2. The van der Waals surface area contributed by atoms with Gasteiger partial charge in [0.25, 0.3) is 0 Å². The minimum atomic E-state index is 0.0644. The van der Waals surface area contributed by atoms with E-state index < -0.39 is 0 Å². The van der Waals surface area contributed by atoms with Crippen molar-refractivity contribution in [2.45, 2.75) is 44.2 Å². The van der Waals surface area contributed by atoms with E-state index in [2.05, 4.69) is 36.5 Å². The Bertz CT molecular complexity index is 296. The smallest absolute Gasteiger partial charge is 0.0342 e. The topological polar surface area (TPSA) is 38.0 Å². The first kappa shape index (κ1) is 10.5. The molecule has 2 heteroatoms. The molecule has 0 aromatic heterocycles. The van der Waals surface area contributed by atoms with Gasteiger partial charge in [0.1, 0.15) is 0 Å². The maximum atomic E-state index is 6.11. The molecular weight excluding hydrogens is 184 g/mol. The van der Waals surface area contributed by atoms with Crippen molar-refractivity contribution in [1.82, 2.24) is 0 Å². The number of nitrogens with two attached hydrogens (primary N) is 1. The van der Waals surface area contributed by atoms with E-state index in [9.17, 15) is 0 Å². The van der Waals surface area contributed by atoms with Crippen LogP contribution < -0.4 is 11.1 Å². The van der Waals surface area contributed by atoms with Crippen LogP contribution >= 0.6 is 0 Å². The molecule has 1 aliphatic carbocycles. The normalized spacial score (nSPS) is 31.2. The van der Waals surface area contributed by atoms with Gasteiger partial charge in [-0.15, -0.1) is 0 Å². The van der Waals surface area contributed by atoms with Crippen molar-refractivity contribution in [1.29, 1.82) is 0 Å². The summed E-state index contributed by atoms with van der Waals surface area (Å²) in [5.74, 6) is 0. The van der Waals surface area contributed by atoms with E-state index in [1.54, 1.807) is 0 Å². The Balaban J connectivity index is 1.88. The molecule has 2 rings (SSSR count). The van der Waals surface area contributed by atoms with Crippen LogP contribution in [0.25, 0.3) is 0 Å². The highest BCUT2D eigenvalue weighted by atomic mass is 14.9. The maximum absolute atomic E-state index is 6.11. The van der Waals surface area contributed by atoms with Crippen LogP contribution in [0.3, 0.4) is 0 Å². The Morgan fingerprint density at radius 2 is 1.80 bits per heavy atom. The molecule has 0 atom stereocenters. The van der Waals surface area contributed by atoms with E-state index in [0.717, 1.165) is 12.8 Å². The number of benzene rings is 1. The summed E-state index contributed by atoms with van der Waals surface area (Å²) >= 11 is 0. The van der Waals surface area contributed by atoms with E-state index in [1.807, 2.05) is 6.07 Å². The number of anilines is 1. The summed E-state index contributed by atoms with van der Waals surface area (Å²) in [6.45, 7) is 2.16. The zero-order chi connectivity index (χ0) is 10.7. The molecule has 1 aliphatic rings. The van der Waals surface area contributed by atoms with Gasteiger partial charge in [-0.3, -0.25) is 0 Å². The molecule has 1 saturated carbocycles. The van der Waals surface area contributed by atoms with E-state index in [1.165, 1.54) is 18.5 Å². The molecule has 0 bridgehead atoms. The van der Waals surface area contributed by atoms with Gasteiger partial charge in [0.15, 0.2) is 0 Å². The lowest BCUT2D eigenvalue weighted by molar-refractivity contribution is 0.305. The second kappa shape index (κ2) is 4.23. The molecular formula is C13H20N2. The Kier molecular flexibility index (Phi) is 2.96. The molecule has 1 aromatic rings. The summed E-state index contributed by atoms with van der Waals surface area (Å²) in [6.07, 6.45) is 4.61. The fourth-order valence-electron chi connectivity index (χ4n) is 2.19. The molecule has 1 aromatic carbocycles. The van der Waals surface area contributed by atoms with Crippen molar-refractivity contribution < 1.29 is 0 Å². The lowest BCUT2D eigenvalue weighted by atomic mass is 9.81. The predicted octanol–water partition coefficient (Wildman–Crippen LogP) is 2.76. The molecule has 2 nitrogen and oxygen atoms in total. The van der Waals surface area contributed by atoms with Crippen molar-refractivity contribution in [3.05, 3.63) is 30.3 Å². The van der Waals surface area contributed by atoms with Crippen molar-refractivity contribution in [3.63, 3.8) is 0 Å². The van der Waals surface area contributed by atoms with E-state index in [0.29, 0.717) is 6.04 Å². The van der Waals surface area contributed by atoms with Crippen molar-refractivity contribution >= 4 is 5.69 Å². The van der Waals surface area contributed by atoms with Gasteiger partial charge in [0.2, 0.25) is 0 Å². The third-order valence-corrected chi connectivity index (χ3v) is 3.27. The number of nitrogens with one attached hydrogen (secondary N) is 1. The van der Waals surface area contributed by atoms with Gasteiger partial charge < -0.3 is 11.1 Å². The maximum Gasteiger partial charge on any atom is 0.0342 e. The molecule has 0 aliphatic heterocycles. The standard InChI is InChI=1S/C13H20N2/c1-13(14)9-7-12(8-10-13)15-11-5-3-2-4-6-11/h2-6,12,15H,7-10,14H2,1H3. The first-order valence-corrected chi connectivity index (χ1v) is 5.76. The van der Waals surface area contributed by atoms with Crippen LogP contribution in [-0.2, 0) is 0 Å². The second-order valence-corrected chi connectivity index (χ2v) is 4.94. The summed E-state index contributed by atoms with van der Waals surface area (Å²) in [7, 11) is 0. The van der Waals surface area contributed by atoms with Gasteiger partial charge >= 0.3 is 0 Å². The molecule has 0 amide bonds. The molecule has 15 heavy (non-hydrogen) atoms. The molecule has 82 valence electrons. The summed E-state index contributed by atoms with van der Waals surface area (Å²) in [5, 5.41) is 3.56. The number of para-hydroxylation sites is 1. The fourth-order valence-corrected chi connectivity index (χ4v) is 2.19. The lowest BCUT2D eigenvalue weighted by Gasteiger charge is -2.34. The van der Waals surface area contributed by atoms with Crippen LogP contribution in [0.5, 0.6) is 0 Å². The minimum Gasteiger partial charge on any atom is -0.382 e. The number of hydrogen-bond acceptors (Lipinski definition) is 2. The Morgan fingerprint density at radius 3 is 2.40 bits per heavy atom. The van der Waals surface area contributed by atoms with E-state index in [4.69, 9.17) is 5.73 Å². The minimum absolute atomic E-state index is 0.0644. The second-order valence-electron chi connectivity index (χ2n) is 4.94. The summed E-state index contributed by atoms with van der Waals surface area (Å²) in [4.78, 5) is 0. The molecule has 1 fully saturated rings. The van der Waals surface area contributed by atoms with Crippen molar-refractivity contribution in [2.75, 3.05) is 5.32 Å². The van der Waals surface area contributed by atoms with Gasteiger partial charge in [-0.2, -0.15) is 0 Å². The molecule has 0 radical (unpaired) electrons. The fraction of sp³-hybridized carbons (Fsp3) is 0.538. The van der Waals surface area contributed by atoms with Crippen LogP contribution in [0.15, 0.2) is 30.3 Å². The summed E-state index contributed by atoms with van der Waals surface area (Å²) in [6, 6.07) is 11.0. The predicted molar refractivity (Wildman–Crippen MR) is 64.9 cm³/mol. The summed E-state index contributed by atoms with van der Waals surface area (Å²) < 4.78 is 0. The lowest BCUT2D eigenvalue weighted by Crippen LogP contribution is -2.42. The van der Waals surface area contributed by atoms with Gasteiger partial charge in [-0.25, -0.2) is 0 Å². The SMILES string of the molecule is CC1(N)CCC(Nc2ccccc2)CC1. The largest absolute Gasteiger partial charge is 0.382 e. The average molecular weight is 204 g/mol. The zero-order valence-electron chi connectivity index (χ0n) is 9.37. The first-order valence-electron chi connectivity index (χ1n) is 5.76. The van der Waals surface area contributed by atoms with Crippen molar-refractivity contribution in [2.24, 2.45) is 5.73 Å². The van der Waals surface area contributed by atoms with Gasteiger partial charge in [0, 0.05) is 17.3 Å². The highest BCUT2D eigenvalue weighted by Crippen LogP contribution is 2.27.